The quantitative estimate of drug-likeness (QED) is 0.691. The number of para-hydroxylation sites is 2. The molecule has 0 spiro atoms. The van der Waals surface area contributed by atoms with Gasteiger partial charge in [-0.1, -0.05) is 37.8 Å². The highest BCUT2D eigenvalue weighted by Gasteiger charge is 2.44. The summed E-state index contributed by atoms with van der Waals surface area (Å²) in [6.07, 6.45) is 6.12. The van der Waals surface area contributed by atoms with Crippen LogP contribution in [0.4, 0.5) is 0 Å². The van der Waals surface area contributed by atoms with Crippen molar-refractivity contribution < 1.29 is 9.53 Å². The van der Waals surface area contributed by atoms with E-state index in [1.165, 1.54) is 12.8 Å². The van der Waals surface area contributed by atoms with Crippen LogP contribution >= 0.6 is 0 Å². The summed E-state index contributed by atoms with van der Waals surface area (Å²) in [6, 6.07) is 7.93. The van der Waals surface area contributed by atoms with E-state index in [1.807, 2.05) is 31.2 Å². The number of H-pyrrole nitrogens is 1. The molecule has 0 amide bonds. The van der Waals surface area contributed by atoms with Crippen molar-refractivity contribution in [2.45, 2.75) is 50.9 Å². The smallest absolute Gasteiger partial charge is 0.319 e. The van der Waals surface area contributed by atoms with Gasteiger partial charge in [0.2, 0.25) is 0 Å². The Balaban J connectivity index is 2.06. The van der Waals surface area contributed by atoms with Gasteiger partial charge in [0.25, 0.3) is 0 Å². The number of esters is 1. The maximum Gasteiger partial charge on any atom is 0.319 e. The monoisotopic (exact) mass is 286 g/mol. The predicted octanol–water partition coefficient (Wildman–Crippen LogP) is 3.72. The lowest BCUT2D eigenvalue weighted by Gasteiger charge is -2.28. The number of aromatic nitrogens is 2. The third kappa shape index (κ3) is 2.55. The van der Waals surface area contributed by atoms with Gasteiger partial charge in [-0.15, -0.1) is 0 Å². The Morgan fingerprint density at radius 2 is 1.95 bits per heavy atom. The number of hydrogen-bond donors (Lipinski definition) is 1. The zero-order valence-corrected chi connectivity index (χ0v) is 12.5. The molecule has 4 nitrogen and oxygen atoms in total. The highest BCUT2D eigenvalue weighted by molar-refractivity contribution is 5.84. The Morgan fingerprint density at radius 3 is 2.62 bits per heavy atom. The molecule has 0 saturated heterocycles. The van der Waals surface area contributed by atoms with E-state index in [1.54, 1.807) is 0 Å². The number of aromatic amines is 1. The van der Waals surface area contributed by atoms with Gasteiger partial charge in [0, 0.05) is 0 Å². The molecule has 1 saturated carbocycles. The molecule has 1 N–H and O–H groups in total. The fourth-order valence-electron chi connectivity index (χ4n) is 3.32. The second-order valence-electron chi connectivity index (χ2n) is 5.82. The van der Waals surface area contributed by atoms with Crippen LogP contribution in [-0.2, 0) is 14.9 Å². The number of imidazole rings is 1. The summed E-state index contributed by atoms with van der Waals surface area (Å²) in [5.41, 5.74) is 1.31. The molecule has 112 valence electrons. The van der Waals surface area contributed by atoms with E-state index in [-0.39, 0.29) is 5.97 Å². The Kier molecular flexibility index (Phi) is 3.95. The molecule has 1 aromatic carbocycles. The predicted molar refractivity (Wildman–Crippen MR) is 82.1 cm³/mol. The fraction of sp³-hybridized carbons (Fsp3) is 0.529. The standard InChI is InChI=1S/C17H22N2O2/c1-2-21-16(20)17(11-7-3-4-8-12-17)15-18-13-9-5-6-10-14(13)19-15/h5-6,9-10H,2-4,7-8,11-12H2,1H3,(H,18,19). The SMILES string of the molecule is CCOC(=O)C1(c2nc3ccccc3[nH]2)CCCCCC1. The van der Waals surface area contributed by atoms with Crippen molar-refractivity contribution in [1.29, 1.82) is 0 Å². The second kappa shape index (κ2) is 5.88. The van der Waals surface area contributed by atoms with Gasteiger partial charge in [0.05, 0.1) is 17.6 Å². The molecule has 1 fully saturated rings. The average Bonchev–Trinajstić information content (AvgIpc) is 2.77. The molecule has 0 unspecified atom stereocenters. The molecule has 1 heterocycles. The molecule has 1 aliphatic rings. The van der Waals surface area contributed by atoms with Gasteiger partial charge in [-0.2, -0.15) is 0 Å². The number of rotatable bonds is 3. The number of benzene rings is 1. The molecule has 0 bridgehead atoms. The van der Waals surface area contributed by atoms with Gasteiger partial charge >= 0.3 is 5.97 Å². The average molecular weight is 286 g/mol. The number of ether oxygens (including phenoxy) is 1. The number of fused-ring (bicyclic) bond motifs is 1. The van der Waals surface area contributed by atoms with E-state index in [2.05, 4.69) is 4.98 Å². The molecule has 0 atom stereocenters. The Morgan fingerprint density at radius 1 is 1.24 bits per heavy atom. The van der Waals surface area contributed by atoms with Crippen LogP contribution in [-0.4, -0.2) is 22.5 Å². The molecule has 1 aromatic heterocycles. The normalized spacial score (nSPS) is 18.3. The van der Waals surface area contributed by atoms with E-state index in [9.17, 15) is 4.79 Å². The van der Waals surface area contributed by atoms with E-state index in [0.29, 0.717) is 6.61 Å². The summed E-state index contributed by atoms with van der Waals surface area (Å²) in [4.78, 5) is 20.7. The van der Waals surface area contributed by atoms with Crippen LogP contribution in [0.2, 0.25) is 0 Å². The highest BCUT2D eigenvalue weighted by Crippen LogP contribution is 2.38. The highest BCUT2D eigenvalue weighted by atomic mass is 16.5. The lowest BCUT2D eigenvalue weighted by atomic mass is 9.79. The second-order valence-corrected chi connectivity index (χ2v) is 5.82. The van der Waals surface area contributed by atoms with Crippen molar-refractivity contribution >= 4 is 17.0 Å². The van der Waals surface area contributed by atoms with Crippen LogP contribution in [0.3, 0.4) is 0 Å². The topological polar surface area (TPSA) is 55.0 Å². The first-order valence-corrected chi connectivity index (χ1v) is 7.89. The first-order valence-electron chi connectivity index (χ1n) is 7.89. The maximum atomic E-state index is 12.7. The molecule has 21 heavy (non-hydrogen) atoms. The van der Waals surface area contributed by atoms with Crippen LogP contribution in [0.25, 0.3) is 11.0 Å². The first-order chi connectivity index (χ1) is 10.3. The van der Waals surface area contributed by atoms with Crippen molar-refractivity contribution in [2.75, 3.05) is 6.61 Å². The van der Waals surface area contributed by atoms with Gasteiger partial charge in [0.1, 0.15) is 11.2 Å². The van der Waals surface area contributed by atoms with Crippen molar-refractivity contribution in [1.82, 2.24) is 9.97 Å². The van der Waals surface area contributed by atoms with Crippen molar-refractivity contribution in [3.63, 3.8) is 0 Å². The summed E-state index contributed by atoms with van der Waals surface area (Å²) < 4.78 is 5.39. The summed E-state index contributed by atoms with van der Waals surface area (Å²) in [6.45, 7) is 2.28. The Labute approximate surface area is 124 Å². The third-order valence-corrected chi connectivity index (χ3v) is 4.47. The molecule has 3 rings (SSSR count). The molecular weight excluding hydrogens is 264 g/mol. The van der Waals surface area contributed by atoms with Crippen LogP contribution in [0.1, 0.15) is 51.3 Å². The third-order valence-electron chi connectivity index (χ3n) is 4.47. The van der Waals surface area contributed by atoms with Crippen LogP contribution < -0.4 is 0 Å². The largest absolute Gasteiger partial charge is 0.465 e. The zero-order chi connectivity index (χ0) is 14.7. The molecule has 0 radical (unpaired) electrons. The van der Waals surface area contributed by atoms with Crippen molar-refractivity contribution in [3.8, 4) is 0 Å². The molecular formula is C17H22N2O2. The van der Waals surface area contributed by atoms with E-state index >= 15 is 0 Å². The molecule has 0 aliphatic heterocycles. The van der Waals surface area contributed by atoms with Crippen LogP contribution in [0.5, 0.6) is 0 Å². The summed E-state index contributed by atoms with van der Waals surface area (Å²) in [5, 5.41) is 0. The minimum Gasteiger partial charge on any atom is -0.465 e. The minimum atomic E-state index is -0.592. The Bertz CT molecular complexity index is 592. The molecule has 1 aliphatic carbocycles. The Hall–Kier alpha value is -1.84. The van der Waals surface area contributed by atoms with Crippen molar-refractivity contribution in [2.24, 2.45) is 0 Å². The first kappa shape index (κ1) is 14.1. The molecule has 4 heteroatoms. The lowest BCUT2D eigenvalue weighted by Crippen LogP contribution is -2.38. The van der Waals surface area contributed by atoms with Gasteiger partial charge in [-0.05, 0) is 31.9 Å². The van der Waals surface area contributed by atoms with Crippen LogP contribution in [0, 0.1) is 0 Å². The maximum absolute atomic E-state index is 12.7. The molecule has 2 aromatic rings. The number of nitrogens with zero attached hydrogens (tertiary/aromatic N) is 1. The number of carbonyl (C=O) groups excluding carboxylic acids is 1. The number of hydrogen-bond acceptors (Lipinski definition) is 3. The fourth-order valence-corrected chi connectivity index (χ4v) is 3.32. The van der Waals surface area contributed by atoms with Gasteiger partial charge < -0.3 is 9.72 Å². The summed E-state index contributed by atoms with van der Waals surface area (Å²) in [5.74, 6) is 0.662. The van der Waals surface area contributed by atoms with Crippen LogP contribution in [0.15, 0.2) is 24.3 Å². The number of nitrogens with one attached hydrogen (secondary N) is 1. The minimum absolute atomic E-state index is 0.119. The van der Waals surface area contributed by atoms with Gasteiger partial charge in [-0.3, -0.25) is 4.79 Å². The zero-order valence-electron chi connectivity index (χ0n) is 12.5. The van der Waals surface area contributed by atoms with E-state index in [0.717, 1.165) is 42.5 Å². The lowest BCUT2D eigenvalue weighted by molar-refractivity contribution is -0.151. The van der Waals surface area contributed by atoms with Gasteiger partial charge in [-0.25, -0.2) is 4.98 Å². The van der Waals surface area contributed by atoms with Crippen molar-refractivity contribution in [3.05, 3.63) is 30.1 Å². The van der Waals surface area contributed by atoms with E-state index in [4.69, 9.17) is 9.72 Å². The number of carbonyl (C=O) groups is 1. The summed E-state index contributed by atoms with van der Waals surface area (Å²) >= 11 is 0. The van der Waals surface area contributed by atoms with Gasteiger partial charge in [0.15, 0.2) is 0 Å². The van der Waals surface area contributed by atoms with E-state index < -0.39 is 5.41 Å². The summed E-state index contributed by atoms with van der Waals surface area (Å²) in [7, 11) is 0.